The van der Waals surface area contributed by atoms with Crippen molar-refractivity contribution >= 4 is 11.9 Å². The van der Waals surface area contributed by atoms with Crippen LogP contribution in [-0.4, -0.2) is 42.6 Å². The van der Waals surface area contributed by atoms with Crippen LogP contribution in [0, 0.1) is 12.7 Å². The van der Waals surface area contributed by atoms with Gasteiger partial charge in [-0.25, -0.2) is 4.39 Å². The number of aryl methyl sites for hydroxylation is 1. The van der Waals surface area contributed by atoms with E-state index in [0.29, 0.717) is 30.2 Å². The van der Waals surface area contributed by atoms with E-state index in [4.69, 9.17) is 0 Å². The Hall–Kier alpha value is -2.83. The van der Waals surface area contributed by atoms with E-state index in [1.165, 1.54) is 6.07 Å². The summed E-state index contributed by atoms with van der Waals surface area (Å²) in [5.41, 5.74) is 0.834. The van der Waals surface area contributed by atoms with Gasteiger partial charge in [-0.05, 0) is 43.7 Å². The fourth-order valence-corrected chi connectivity index (χ4v) is 2.34. The number of carbonyl (C=O) groups is 1. The van der Waals surface area contributed by atoms with E-state index >= 15 is 0 Å². The number of nitrogens with zero attached hydrogens (tertiary/aromatic N) is 2. The molecule has 0 bridgehead atoms. The normalized spacial score (nSPS) is 11.3. The second-order valence-corrected chi connectivity index (χ2v) is 5.83. The van der Waals surface area contributed by atoms with Gasteiger partial charge in [0, 0.05) is 44.1 Å². The quantitative estimate of drug-likeness (QED) is 0.383. The Balaban J connectivity index is 1.75. The van der Waals surface area contributed by atoms with E-state index in [0.717, 1.165) is 19.6 Å². The van der Waals surface area contributed by atoms with Gasteiger partial charge in [0.1, 0.15) is 5.82 Å². The molecule has 1 heterocycles. The number of hydrogen-bond acceptors (Lipinski definition) is 2. The molecule has 0 unspecified atom stereocenters. The highest BCUT2D eigenvalue weighted by atomic mass is 19.1. The molecule has 0 spiro atoms. The molecular weight excluding hydrogens is 333 g/mol. The molecule has 1 amide bonds. The van der Waals surface area contributed by atoms with Gasteiger partial charge in [0.15, 0.2) is 5.96 Å². The van der Waals surface area contributed by atoms with Crippen molar-refractivity contribution in [3.8, 4) is 0 Å². The number of aromatic nitrogens is 1. The van der Waals surface area contributed by atoms with Crippen LogP contribution in [0.5, 0.6) is 0 Å². The highest BCUT2D eigenvalue weighted by molar-refractivity contribution is 5.94. The molecule has 26 heavy (non-hydrogen) atoms. The third kappa shape index (κ3) is 6.23. The van der Waals surface area contributed by atoms with Crippen LogP contribution in [0.4, 0.5) is 4.39 Å². The molecule has 7 heteroatoms. The van der Waals surface area contributed by atoms with Crippen LogP contribution in [0.3, 0.4) is 0 Å². The van der Waals surface area contributed by atoms with Crippen molar-refractivity contribution in [1.82, 2.24) is 20.5 Å². The smallest absolute Gasteiger partial charge is 0.251 e. The summed E-state index contributed by atoms with van der Waals surface area (Å²) in [5, 5.41) is 9.16. The Labute approximate surface area is 153 Å². The Morgan fingerprint density at radius 3 is 2.62 bits per heavy atom. The zero-order valence-electron chi connectivity index (χ0n) is 15.3. The number of guanidine groups is 1. The first-order valence-electron chi connectivity index (χ1n) is 8.77. The van der Waals surface area contributed by atoms with Crippen LogP contribution in [0.25, 0.3) is 0 Å². The molecule has 0 fully saturated rings. The lowest BCUT2D eigenvalue weighted by Crippen LogP contribution is -2.39. The first-order chi connectivity index (χ1) is 12.6. The molecule has 0 aliphatic rings. The molecule has 1 aromatic heterocycles. The fourth-order valence-electron chi connectivity index (χ4n) is 2.34. The lowest BCUT2D eigenvalue weighted by Gasteiger charge is -2.12. The maximum atomic E-state index is 13.5. The van der Waals surface area contributed by atoms with Crippen LogP contribution in [0.15, 0.2) is 47.7 Å². The maximum absolute atomic E-state index is 13.5. The molecule has 0 saturated heterocycles. The van der Waals surface area contributed by atoms with E-state index < -0.39 is 0 Å². The van der Waals surface area contributed by atoms with Crippen LogP contribution in [0.2, 0.25) is 0 Å². The SMILES string of the molecule is CCNC(=NCCNC(=O)c1ccc(C)c(F)c1)NCCn1cccc1. The average molecular weight is 359 g/mol. The number of amides is 1. The van der Waals surface area contributed by atoms with Gasteiger partial charge in [-0.15, -0.1) is 0 Å². The van der Waals surface area contributed by atoms with Crippen molar-refractivity contribution in [2.45, 2.75) is 20.4 Å². The highest BCUT2D eigenvalue weighted by Crippen LogP contribution is 2.08. The summed E-state index contributed by atoms with van der Waals surface area (Å²) in [5.74, 6) is 0.0250. The largest absolute Gasteiger partial charge is 0.357 e. The summed E-state index contributed by atoms with van der Waals surface area (Å²) < 4.78 is 15.6. The highest BCUT2D eigenvalue weighted by Gasteiger charge is 2.07. The van der Waals surface area contributed by atoms with Gasteiger partial charge in [0.2, 0.25) is 0 Å². The van der Waals surface area contributed by atoms with Gasteiger partial charge >= 0.3 is 0 Å². The predicted octanol–water partition coefficient (Wildman–Crippen LogP) is 1.92. The second-order valence-electron chi connectivity index (χ2n) is 5.83. The van der Waals surface area contributed by atoms with Gasteiger partial charge in [0.05, 0.1) is 6.54 Å². The predicted molar refractivity (Wildman–Crippen MR) is 102 cm³/mol. The van der Waals surface area contributed by atoms with Gasteiger partial charge in [-0.1, -0.05) is 6.07 Å². The van der Waals surface area contributed by atoms with E-state index in [1.54, 1.807) is 19.1 Å². The van der Waals surface area contributed by atoms with Gasteiger partial charge in [0.25, 0.3) is 5.91 Å². The first kappa shape index (κ1) is 19.5. The summed E-state index contributed by atoms with van der Waals surface area (Å²) in [6, 6.07) is 8.44. The first-order valence-corrected chi connectivity index (χ1v) is 8.77. The van der Waals surface area contributed by atoms with E-state index in [-0.39, 0.29) is 11.7 Å². The van der Waals surface area contributed by atoms with E-state index in [1.807, 2.05) is 31.5 Å². The lowest BCUT2D eigenvalue weighted by atomic mass is 10.1. The minimum atomic E-state index is -0.378. The summed E-state index contributed by atoms with van der Waals surface area (Å²) >= 11 is 0. The molecule has 0 radical (unpaired) electrons. The second kappa shape index (κ2) is 10.2. The number of carbonyl (C=O) groups excluding carboxylic acids is 1. The third-order valence-corrected chi connectivity index (χ3v) is 3.77. The molecular formula is C19H26FN5O. The zero-order chi connectivity index (χ0) is 18.8. The van der Waals surface area contributed by atoms with Crippen LogP contribution in [-0.2, 0) is 6.54 Å². The number of halogens is 1. The molecule has 0 saturated carbocycles. The molecule has 2 rings (SSSR count). The maximum Gasteiger partial charge on any atom is 0.251 e. The molecule has 0 aliphatic heterocycles. The summed E-state index contributed by atoms with van der Waals surface area (Å²) in [6.45, 7) is 6.81. The number of nitrogens with one attached hydrogen (secondary N) is 3. The van der Waals surface area contributed by atoms with E-state index in [2.05, 4.69) is 25.5 Å². The molecule has 2 aromatic rings. The van der Waals surface area contributed by atoms with Crippen molar-refractivity contribution in [3.63, 3.8) is 0 Å². The Bertz CT molecular complexity index is 728. The van der Waals surface area contributed by atoms with Crippen molar-refractivity contribution in [2.75, 3.05) is 26.2 Å². The summed E-state index contributed by atoms with van der Waals surface area (Å²) in [4.78, 5) is 16.4. The van der Waals surface area contributed by atoms with Crippen LogP contribution < -0.4 is 16.0 Å². The van der Waals surface area contributed by atoms with Crippen molar-refractivity contribution < 1.29 is 9.18 Å². The monoisotopic (exact) mass is 359 g/mol. The van der Waals surface area contributed by atoms with Gasteiger partial charge < -0.3 is 20.5 Å². The number of aliphatic imine (C=N–C) groups is 1. The van der Waals surface area contributed by atoms with Gasteiger partial charge in [-0.3, -0.25) is 9.79 Å². The molecule has 0 atom stereocenters. The molecule has 6 nitrogen and oxygen atoms in total. The topological polar surface area (TPSA) is 70.4 Å². The minimum absolute atomic E-state index is 0.301. The summed E-state index contributed by atoms with van der Waals surface area (Å²) in [6.07, 6.45) is 4.02. The Morgan fingerprint density at radius 2 is 1.92 bits per heavy atom. The Morgan fingerprint density at radius 1 is 1.15 bits per heavy atom. The summed E-state index contributed by atoms with van der Waals surface area (Å²) in [7, 11) is 0. The van der Waals surface area contributed by atoms with Crippen molar-refractivity contribution in [3.05, 3.63) is 59.7 Å². The lowest BCUT2D eigenvalue weighted by molar-refractivity contribution is 0.0954. The molecule has 0 aliphatic carbocycles. The van der Waals surface area contributed by atoms with Crippen molar-refractivity contribution in [1.29, 1.82) is 0 Å². The fraction of sp³-hybridized carbons (Fsp3) is 0.368. The Kier molecular flexibility index (Phi) is 7.67. The van der Waals surface area contributed by atoms with Gasteiger partial charge in [-0.2, -0.15) is 0 Å². The standard InChI is InChI=1S/C19H26FN5O/c1-3-21-19(24-10-13-25-11-4-5-12-25)23-9-8-22-18(26)16-7-6-15(2)17(20)14-16/h4-7,11-12,14H,3,8-10,13H2,1-2H3,(H,22,26)(H2,21,23,24). The average Bonchev–Trinajstić information content (AvgIpc) is 3.14. The number of hydrogen-bond donors (Lipinski definition) is 3. The van der Waals surface area contributed by atoms with Crippen molar-refractivity contribution in [2.24, 2.45) is 4.99 Å². The third-order valence-electron chi connectivity index (χ3n) is 3.77. The zero-order valence-corrected chi connectivity index (χ0v) is 15.3. The van der Waals surface area contributed by atoms with Crippen LogP contribution >= 0.6 is 0 Å². The number of benzene rings is 1. The van der Waals surface area contributed by atoms with E-state index in [9.17, 15) is 9.18 Å². The number of rotatable bonds is 8. The minimum Gasteiger partial charge on any atom is -0.357 e. The molecule has 3 N–H and O–H groups in total. The molecule has 1 aromatic carbocycles. The molecule has 140 valence electrons. The van der Waals surface area contributed by atoms with Crippen LogP contribution in [0.1, 0.15) is 22.8 Å².